The molecule has 1 aliphatic carbocycles. The van der Waals surface area contributed by atoms with Crippen LogP contribution in [0.2, 0.25) is 0 Å². The molecule has 2 fully saturated rings. The van der Waals surface area contributed by atoms with E-state index in [1.165, 1.54) is 0 Å². The molecule has 1 saturated heterocycles. The zero-order valence-corrected chi connectivity index (χ0v) is 15.2. The van der Waals surface area contributed by atoms with Crippen LogP contribution in [0.4, 0.5) is 21.0 Å². The van der Waals surface area contributed by atoms with E-state index in [-0.39, 0.29) is 18.2 Å². The highest BCUT2D eigenvalue weighted by molar-refractivity contribution is 5.93. The molecule has 1 aliphatic heterocycles. The van der Waals surface area contributed by atoms with Crippen molar-refractivity contribution in [1.82, 2.24) is 4.90 Å². The molecule has 1 saturated carbocycles. The zero-order valence-electron chi connectivity index (χ0n) is 15.2. The first-order chi connectivity index (χ1) is 12.0. The van der Waals surface area contributed by atoms with Crippen molar-refractivity contribution < 1.29 is 14.3 Å². The Kier molecular flexibility index (Phi) is 5.16. The van der Waals surface area contributed by atoms with Crippen LogP contribution in [0.5, 0.6) is 0 Å². The number of cyclic esters (lactones) is 1. The summed E-state index contributed by atoms with van der Waals surface area (Å²) in [6, 6.07) is 7.86. The summed E-state index contributed by atoms with van der Waals surface area (Å²) in [4.78, 5) is 28.2. The number of amides is 3. The number of nitrogens with zero attached hydrogens (tertiary/aromatic N) is 2. The smallest absolute Gasteiger partial charge is 0.414 e. The molecule has 6 heteroatoms. The molecule has 1 aromatic carbocycles. The van der Waals surface area contributed by atoms with Gasteiger partial charge in [0.05, 0.1) is 6.54 Å². The Bertz CT molecular complexity index is 645. The summed E-state index contributed by atoms with van der Waals surface area (Å²) in [6.07, 6.45) is 2.86. The number of ether oxygens (including phenoxy) is 1. The van der Waals surface area contributed by atoms with Crippen molar-refractivity contribution in [3.63, 3.8) is 0 Å². The third-order valence-electron chi connectivity index (χ3n) is 5.25. The van der Waals surface area contributed by atoms with E-state index in [4.69, 9.17) is 4.74 Å². The fraction of sp³-hybridized carbons (Fsp3) is 0.579. The van der Waals surface area contributed by atoms with Gasteiger partial charge in [-0.15, -0.1) is 0 Å². The van der Waals surface area contributed by atoms with Crippen LogP contribution in [-0.4, -0.2) is 42.3 Å². The minimum atomic E-state index is -0.339. The van der Waals surface area contributed by atoms with Gasteiger partial charge >= 0.3 is 12.1 Å². The summed E-state index contributed by atoms with van der Waals surface area (Å²) < 4.78 is 4.98. The predicted octanol–water partition coefficient (Wildman–Crippen LogP) is 4.07. The van der Waals surface area contributed by atoms with Crippen LogP contribution in [0.15, 0.2) is 24.3 Å². The maximum absolute atomic E-state index is 12.9. The molecule has 1 heterocycles. The normalized spacial score (nSPS) is 19.3. The van der Waals surface area contributed by atoms with E-state index < -0.39 is 0 Å². The Labute approximate surface area is 149 Å². The summed E-state index contributed by atoms with van der Waals surface area (Å²) in [5.41, 5.74) is 1.44. The van der Waals surface area contributed by atoms with Gasteiger partial charge < -0.3 is 15.0 Å². The summed E-state index contributed by atoms with van der Waals surface area (Å²) in [7, 11) is 0. The van der Waals surface area contributed by atoms with Crippen LogP contribution in [-0.2, 0) is 4.74 Å². The van der Waals surface area contributed by atoms with E-state index in [0.29, 0.717) is 30.8 Å². The zero-order chi connectivity index (χ0) is 18.0. The molecule has 6 nitrogen and oxygen atoms in total. The van der Waals surface area contributed by atoms with Crippen LogP contribution in [0.25, 0.3) is 0 Å². The first kappa shape index (κ1) is 17.6. The maximum atomic E-state index is 12.9. The highest BCUT2D eigenvalue weighted by Crippen LogP contribution is 2.32. The summed E-state index contributed by atoms with van der Waals surface area (Å²) in [6.45, 7) is 7.41. The molecule has 3 rings (SSSR count). The molecule has 2 aliphatic rings. The number of hydrogen-bond acceptors (Lipinski definition) is 3. The quantitative estimate of drug-likeness (QED) is 0.845. The Hall–Kier alpha value is -2.24. The summed E-state index contributed by atoms with van der Waals surface area (Å²) >= 11 is 0. The molecule has 0 bridgehead atoms. The second-order valence-electron chi connectivity index (χ2n) is 7.01. The lowest BCUT2D eigenvalue weighted by Gasteiger charge is -2.33. The minimum Gasteiger partial charge on any atom is -0.447 e. The van der Waals surface area contributed by atoms with Crippen LogP contribution < -0.4 is 10.2 Å². The number of carbonyl (C=O) groups is 2. The van der Waals surface area contributed by atoms with Crippen LogP contribution in [0, 0.1) is 5.92 Å². The molecule has 136 valence electrons. The van der Waals surface area contributed by atoms with Crippen LogP contribution >= 0.6 is 0 Å². The Balaban J connectivity index is 1.72. The molecule has 0 spiro atoms. The summed E-state index contributed by atoms with van der Waals surface area (Å²) in [5.74, 6) is 0.456. The minimum absolute atomic E-state index is 0.0588. The van der Waals surface area contributed by atoms with Gasteiger partial charge in [-0.25, -0.2) is 9.59 Å². The Morgan fingerprint density at radius 3 is 2.76 bits per heavy atom. The summed E-state index contributed by atoms with van der Waals surface area (Å²) in [5, 5.41) is 3.01. The fourth-order valence-electron chi connectivity index (χ4n) is 3.22. The van der Waals surface area contributed by atoms with Crippen molar-refractivity contribution >= 4 is 23.5 Å². The molecule has 0 aromatic heterocycles. The van der Waals surface area contributed by atoms with Gasteiger partial charge in [-0.3, -0.25) is 4.90 Å². The lowest BCUT2D eigenvalue weighted by atomic mass is 9.99. The molecular formula is C19H27N3O3. The number of anilines is 2. The third kappa shape index (κ3) is 3.89. The second kappa shape index (κ2) is 7.33. The molecule has 25 heavy (non-hydrogen) atoms. The number of nitrogens with one attached hydrogen (secondary N) is 1. The van der Waals surface area contributed by atoms with E-state index in [2.05, 4.69) is 26.1 Å². The van der Waals surface area contributed by atoms with Gasteiger partial charge in [-0.05, 0) is 43.9 Å². The SMILES string of the molecule is CC[C@H](C)[C@H](C)N(C(=O)Nc1cccc(N2CCOC2=O)c1)C1CC1. The number of benzene rings is 1. The standard InChI is InChI=1S/C19H27N3O3/c1-4-13(2)14(3)22(16-8-9-16)18(23)20-15-6-5-7-17(12-15)21-10-11-25-19(21)24/h5-7,12-14,16H,4,8-11H2,1-3H3,(H,20,23)/t13-,14-/m0/s1. The van der Waals surface area contributed by atoms with E-state index in [9.17, 15) is 9.59 Å². The Morgan fingerprint density at radius 2 is 2.16 bits per heavy atom. The van der Waals surface area contributed by atoms with Gasteiger partial charge in [0.15, 0.2) is 0 Å². The lowest BCUT2D eigenvalue weighted by molar-refractivity contribution is 0.164. The topological polar surface area (TPSA) is 61.9 Å². The Morgan fingerprint density at radius 1 is 1.40 bits per heavy atom. The van der Waals surface area contributed by atoms with Crippen molar-refractivity contribution in [3.05, 3.63) is 24.3 Å². The monoisotopic (exact) mass is 345 g/mol. The van der Waals surface area contributed by atoms with E-state index in [1.54, 1.807) is 4.90 Å². The van der Waals surface area contributed by atoms with Crippen LogP contribution in [0.3, 0.4) is 0 Å². The van der Waals surface area contributed by atoms with Crippen molar-refractivity contribution in [1.29, 1.82) is 0 Å². The van der Waals surface area contributed by atoms with Gasteiger partial charge in [0.2, 0.25) is 0 Å². The van der Waals surface area contributed by atoms with Crippen molar-refractivity contribution in [2.75, 3.05) is 23.4 Å². The lowest BCUT2D eigenvalue weighted by Crippen LogP contribution is -2.45. The molecular weight excluding hydrogens is 318 g/mol. The second-order valence-corrected chi connectivity index (χ2v) is 7.01. The van der Waals surface area contributed by atoms with E-state index >= 15 is 0 Å². The first-order valence-electron chi connectivity index (χ1n) is 9.15. The predicted molar refractivity (Wildman–Crippen MR) is 97.9 cm³/mol. The highest BCUT2D eigenvalue weighted by Gasteiger charge is 2.37. The van der Waals surface area contributed by atoms with Crippen molar-refractivity contribution in [2.24, 2.45) is 5.92 Å². The van der Waals surface area contributed by atoms with Gasteiger partial charge in [0.1, 0.15) is 6.61 Å². The average molecular weight is 345 g/mol. The van der Waals surface area contributed by atoms with E-state index in [1.807, 2.05) is 29.2 Å². The molecule has 1 N–H and O–H groups in total. The van der Waals surface area contributed by atoms with Crippen molar-refractivity contribution in [2.45, 2.75) is 52.1 Å². The fourth-order valence-corrected chi connectivity index (χ4v) is 3.22. The molecule has 0 radical (unpaired) electrons. The molecule has 3 amide bonds. The average Bonchev–Trinajstić information content (AvgIpc) is 3.34. The number of urea groups is 1. The van der Waals surface area contributed by atoms with Gasteiger partial charge in [0.25, 0.3) is 0 Å². The van der Waals surface area contributed by atoms with Crippen molar-refractivity contribution in [3.8, 4) is 0 Å². The molecule has 0 unspecified atom stereocenters. The largest absolute Gasteiger partial charge is 0.447 e. The molecule has 2 atom stereocenters. The highest BCUT2D eigenvalue weighted by atomic mass is 16.6. The number of rotatable bonds is 6. The number of carbonyl (C=O) groups excluding carboxylic acids is 2. The van der Waals surface area contributed by atoms with Gasteiger partial charge in [-0.1, -0.05) is 26.3 Å². The van der Waals surface area contributed by atoms with Crippen LogP contribution in [0.1, 0.15) is 40.0 Å². The third-order valence-corrected chi connectivity index (χ3v) is 5.25. The first-order valence-corrected chi connectivity index (χ1v) is 9.15. The molecule has 1 aromatic rings. The van der Waals surface area contributed by atoms with Gasteiger partial charge in [-0.2, -0.15) is 0 Å². The van der Waals surface area contributed by atoms with E-state index in [0.717, 1.165) is 24.9 Å². The van der Waals surface area contributed by atoms with Gasteiger partial charge in [0, 0.05) is 23.5 Å². The number of hydrogen-bond donors (Lipinski definition) is 1. The maximum Gasteiger partial charge on any atom is 0.414 e.